The molecule has 1 unspecified atom stereocenters. The van der Waals surface area contributed by atoms with E-state index in [2.05, 4.69) is 10.5 Å². The molecule has 0 spiro atoms. The SMILES string of the molecule is CCOc1ccc(/C=N/NC(=O)C(C)Oc2ccc(Cl)cc2Cl)cc1. The number of nitrogens with one attached hydrogen (secondary N) is 1. The largest absolute Gasteiger partial charge is 0.494 e. The maximum atomic E-state index is 12.0. The average molecular weight is 381 g/mol. The number of amides is 1. The predicted octanol–water partition coefficient (Wildman–Crippen LogP) is 4.31. The van der Waals surface area contributed by atoms with E-state index in [4.69, 9.17) is 32.7 Å². The maximum absolute atomic E-state index is 12.0. The monoisotopic (exact) mass is 380 g/mol. The summed E-state index contributed by atoms with van der Waals surface area (Å²) in [6.07, 6.45) is 0.770. The molecule has 2 rings (SSSR count). The normalized spacial score (nSPS) is 12.0. The lowest BCUT2D eigenvalue weighted by molar-refractivity contribution is -0.127. The zero-order valence-electron chi connectivity index (χ0n) is 13.8. The summed E-state index contributed by atoms with van der Waals surface area (Å²) in [5, 5.41) is 4.75. The molecule has 0 heterocycles. The van der Waals surface area contributed by atoms with E-state index in [0.717, 1.165) is 11.3 Å². The molecule has 0 fully saturated rings. The third-order valence-corrected chi connectivity index (χ3v) is 3.68. The van der Waals surface area contributed by atoms with Gasteiger partial charge in [-0.25, -0.2) is 5.43 Å². The van der Waals surface area contributed by atoms with Gasteiger partial charge in [-0.1, -0.05) is 23.2 Å². The van der Waals surface area contributed by atoms with Crippen molar-refractivity contribution in [1.29, 1.82) is 0 Å². The highest BCUT2D eigenvalue weighted by Gasteiger charge is 2.15. The molecule has 7 heteroatoms. The molecule has 0 radical (unpaired) electrons. The highest BCUT2D eigenvalue weighted by atomic mass is 35.5. The van der Waals surface area contributed by atoms with Gasteiger partial charge in [0.15, 0.2) is 6.10 Å². The summed E-state index contributed by atoms with van der Waals surface area (Å²) >= 11 is 11.8. The first-order valence-corrected chi connectivity index (χ1v) is 8.42. The summed E-state index contributed by atoms with van der Waals surface area (Å²) in [5.41, 5.74) is 3.26. The third kappa shape index (κ3) is 5.96. The molecule has 1 atom stereocenters. The molecule has 25 heavy (non-hydrogen) atoms. The minimum atomic E-state index is -0.767. The second-order valence-corrected chi connectivity index (χ2v) is 5.91. The van der Waals surface area contributed by atoms with Gasteiger partial charge < -0.3 is 9.47 Å². The van der Waals surface area contributed by atoms with Crippen molar-refractivity contribution in [2.24, 2.45) is 5.10 Å². The second kappa shape index (κ2) is 9.30. The molecule has 1 amide bonds. The zero-order valence-corrected chi connectivity index (χ0v) is 15.3. The second-order valence-electron chi connectivity index (χ2n) is 5.07. The number of halogens is 2. The Morgan fingerprint density at radius 1 is 1.24 bits per heavy atom. The number of carbonyl (C=O) groups excluding carboxylic acids is 1. The van der Waals surface area contributed by atoms with Gasteiger partial charge in [0.1, 0.15) is 11.5 Å². The lowest BCUT2D eigenvalue weighted by Gasteiger charge is -2.14. The highest BCUT2D eigenvalue weighted by Crippen LogP contribution is 2.28. The van der Waals surface area contributed by atoms with Crippen LogP contribution in [0.5, 0.6) is 11.5 Å². The van der Waals surface area contributed by atoms with Gasteiger partial charge in [-0.15, -0.1) is 0 Å². The average Bonchev–Trinajstić information content (AvgIpc) is 2.59. The Bertz CT molecular complexity index is 748. The number of carbonyl (C=O) groups is 1. The van der Waals surface area contributed by atoms with Gasteiger partial charge in [-0.3, -0.25) is 4.79 Å². The van der Waals surface area contributed by atoms with E-state index in [1.54, 1.807) is 25.1 Å². The van der Waals surface area contributed by atoms with Crippen molar-refractivity contribution in [3.05, 3.63) is 58.1 Å². The van der Waals surface area contributed by atoms with Gasteiger partial charge >= 0.3 is 0 Å². The van der Waals surface area contributed by atoms with E-state index < -0.39 is 12.0 Å². The molecule has 0 aliphatic carbocycles. The maximum Gasteiger partial charge on any atom is 0.280 e. The number of ether oxygens (including phenoxy) is 2. The van der Waals surface area contributed by atoms with Crippen molar-refractivity contribution in [2.75, 3.05) is 6.61 Å². The third-order valence-electron chi connectivity index (χ3n) is 3.15. The smallest absolute Gasteiger partial charge is 0.280 e. The van der Waals surface area contributed by atoms with Crippen LogP contribution in [0.2, 0.25) is 10.0 Å². The fourth-order valence-corrected chi connectivity index (χ4v) is 2.35. The topological polar surface area (TPSA) is 59.9 Å². The van der Waals surface area contributed by atoms with Crippen LogP contribution in [-0.4, -0.2) is 24.8 Å². The van der Waals surface area contributed by atoms with Gasteiger partial charge in [0.05, 0.1) is 17.8 Å². The first-order chi connectivity index (χ1) is 12.0. The van der Waals surface area contributed by atoms with Crippen molar-refractivity contribution < 1.29 is 14.3 Å². The van der Waals surface area contributed by atoms with Crippen LogP contribution in [-0.2, 0) is 4.79 Å². The molecular weight excluding hydrogens is 363 g/mol. The lowest BCUT2D eigenvalue weighted by atomic mass is 10.2. The molecule has 0 bridgehead atoms. The Balaban J connectivity index is 1.88. The van der Waals surface area contributed by atoms with Crippen LogP contribution >= 0.6 is 23.2 Å². The van der Waals surface area contributed by atoms with Crippen LogP contribution in [0.25, 0.3) is 0 Å². The van der Waals surface area contributed by atoms with Gasteiger partial charge in [-0.05, 0) is 61.9 Å². The Kier molecular flexibility index (Phi) is 7.10. The summed E-state index contributed by atoms with van der Waals surface area (Å²) in [5.74, 6) is 0.767. The molecule has 5 nitrogen and oxygen atoms in total. The lowest BCUT2D eigenvalue weighted by Crippen LogP contribution is -2.33. The molecule has 0 saturated carbocycles. The minimum absolute atomic E-state index is 0.338. The Labute approximate surface area is 156 Å². The fraction of sp³-hybridized carbons (Fsp3) is 0.222. The number of benzene rings is 2. The van der Waals surface area contributed by atoms with Crippen molar-refractivity contribution in [2.45, 2.75) is 20.0 Å². The minimum Gasteiger partial charge on any atom is -0.494 e. The van der Waals surface area contributed by atoms with E-state index >= 15 is 0 Å². The van der Waals surface area contributed by atoms with Crippen molar-refractivity contribution in [3.63, 3.8) is 0 Å². The molecule has 0 aromatic heterocycles. The fourth-order valence-electron chi connectivity index (χ4n) is 1.89. The van der Waals surface area contributed by atoms with Crippen molar-refractivity contribution in [3.8, 4) is 11.5 Å². The standard InChI is InChI=1S/C18H18Cl2N2O3/c1-3-24-15-7-4-13(5-8-15)11-21-22-18(23)12(2)25-17-9-6-14(19)10-16(17)20/h4-12H,3H2,1-2H3,(H,22,23)/b21-11+. The molecule has 1 N–H and O–H groups in total. The summed E-state index contributed by atoms with van der Waals surface area (Å²) < 4.78 is 10.9. The van der Waals surface area contributed by atoms with Gasteiger partial charge in [-0.2, -0.15) is 5.10 Å². The zero-order chi connectivity index (χ0) is 18.2. The number of hydrogen-bond acceptors (Lipinski definition) is 4. The number of nitrogens with zero attached hydrogens (tertiary/aromatic N) is 1. The summed E-state index contributed by atoms with van der Waals surface area (Å²) in [4.78, 5) is 12.0. The Hall–Kier alpha value is -2.24. The van der Waals surface area contributed by atoms with Crippen molar-refractivity contribution >= 4 is 35.3 Å². The highest BCUT2D eigenvalue weighted by molar-refractivity contribution is 6.35. The van der Waals surface area contributed by atoms with Crippen LogP contribution in [0.3, 0.4) is 0 Å². The van der Waals surface area contributed by atoms with E-state index in [1.807, 2.05) is 31.2 Å². The van der Waals surface area contributed by atoms with Gasteiger partial charge in [0, 0.05) is 5.02 Å². The van der Waals surface area contributed by atoms with Crippen molar-refractivity contribution in [1.82, 2.24) is 5.43 Å². The summed E-state index contributed by atoms with van der Waals surface area (Å²) in [6.45, 7) is 4.14. The van der Waals surface area contributed by atoms with E-state index in [9.17, 15) is 4.79 Å². The van der Waals surface area contributed by atoms with Crippen LogP contribution < -0.4 is 14.9 Å². The Morgan fingerprint density at radius 3 is 2.60 bits per heavy atom. The molecule has 0 aliphatic rings. The van der Waals surface area contributed by atoms with E-state index in [-0.39, 0.29) is 0 Å². The van der Waals surface area contributed by atoms with Gasteiger partial charge in [0.2, 0.25) is 0 Å². The van der Waals surface area contributed by atoms with Gasteiger partial charge in [0.25, 0.3) is 5.91 Å². The quantitative estimate of drug-likeness (QED) is 0.574. The first kappa shape index (κ1) is 19.1. The van der Waals surface area contributed by atoms with E-state index in [0.29, 0.717) is 22.4 Å². The predicted molar refractivity (Wildman–Crippen MR) is 99.9 cm³/mol. The molecule has 2 aromatic rings. The van der Waals surface area contributed by atoms with Crippen LogP contribution in [0, 0.1) is 0 Å². The van der Waals surface area contributed by atoms with Crippen LogP contribution in [0.15, 0.2) is 47.6 Å². The van der Waals surface area contributed by atoms with E-state index in [1.165, 1.54) is 6.21 Å². The molecule has 132 valence electrons. The van der Waals surface area contributed by atoms with Crippen LogP contribution in [0.4, 0.5) is 0 Å². The summed E-state index contributed by atoms with van der Waals surface area (Å²) in [6, 6.07) is 12.1. The number of hydrazone groups is 1. The summed E-state index contributed by atoms with van der Waals surface area (Å²) in [7, 11) is 0. The molecular formula is C18H18Cl2N2O3. The molecule has 2 aromatic carbocycles. The number of rotatable bonds is 7. The molecule has 0 aliphatic heterocycles. The number of hydrogen-bond donors (Lipinski definition) is 1. The van der Waals surface area contributed by atoms with Crippen LogP contribution in [0.1, 0.15) is 19.4 Å². The first-order valence-electron chi connectivity index (χ1n) is 7.67. The molecule has 0 saturated heterocycles. The Morgan fingerprint density at radius 2 is 1.96 bits per heavy atom.